The molecule has 0 unspecified atom stereocenters. The molecule has 94 valence electrons. The highest BCUT2D eigenvalue weighted by Gasteiger charge is 2.02. The maximum absolute atomic E-state index is 5.94. The molecule has 2 rings (SSSR count). The minimum atomic E-state index is 0.699. The van der Waals surface area contributed by atoms with E-state index in [1.807, 2.05) is 30.3 Å². The largest absolute Gasteiger partial charge is 0.497 e. The molecule has 2 aromatic rings. The van der Waals surface area contributed by atoms with Crippen LogP contribution >= 0.6 is 11.8 Å². The summed E-state index contributed by atoms with van der Waals surface area (Å²) in [6, 6.07) is 13.8. The molecule has 0 radical (unpaired) electrons. The van der Waals surface area contributed by atoms with Crippen molar-refractivity contribution in [3.63, 3.8) is 0 Å². The van der Waals surface area contributed by atoms with Crippen molar-refractivity contribution in [2.24, 2.45) is 0 Å². The van der Waals surface area contributed by atoms with Crippen LogP contribution in [0.1, 0.15) is 0 Å². The zero-order valence-electron chi connectivity index (χ0n) is 10.4. The van der Waals surface area contributed by atoms with Crippen LogP contribution in [0.15, 0.2) is 47.4 Å². The number of thioether (sulfide) groups is 1. The second-order valence-corrected chi connectivity index (χ2v) is 4.69. The second-order valence-electron chi connectivity index (χ2n) is 3.81. The van der Waals surface area contributed by atoms with Crippen LogP contribution in [0.2, 0.25) is 0 Å². The number of ether oxygens (including phenoxy) is 1. The summed E-state index contributed by atoms with van der Waals surface area (Å²) in [7, 11) is 1.64. The maximum Gasteiger partial charge on any atom is 0.121 e. The van der Waals surface area contributed by atoms with Gasteiger partial charge in [0.15, 0.2) is 0 Å². The quantitative estimate of drug-likeness (QED) is 0.649. The van der Waals surface area contributed by atoms with Crippen molar-refractivity contribution in [1.29, 1.82) is 0 Å². The number of benzene rings is 2. The molecule has 0 aliphatic carbocycles. The van der Waals surface area contributed by atoms with E-state index in [0.29, 0.717) is 5.69 Å². The Labute approximate surface area is 111 Å². The molecule has 0 saturated carbocycles. The molecule has 0 atom stereocenters. The molecule has 0 heterocycles. The van der Waals surface area contributed by atoms with Crippen molar-refractivity contribution < 1.29 is 4.74 Å². The molecule has 0 spiro atoms. The van der Waals surface area contributed by atoms with Crippen LogP contribution in [0.4, 0.5) is 17.1 Å². The molecule has 4 heteroatoms. The van der Waals surface area contributed by atoms with E-state index >= 15 is 0 Å². The first-order valence-electron chi connectivity index (χ1n) is 5.57. The molecule has 18 heavy (non-hydrogen) atoms. The maximum atomic E-state index is 5.94. The van der Waals surface area contributed by atoms with Gasteiger partial charge >= 0.3 is 0 Å². The van der Waals surface area contributed by atoms with E-state index in [2.05, 4.69) is 23.7 Å². The summed E-state index contributed by atoms with van der Waals surface area (Å²) < 4.78 is 5.19. The highest BCUT2D eigenvalue weighted by atomic mass is 32.2. The summed E-state index contributed by atoms with van der Waals surface area (Å²) >= 11 is 1.71. The molecule has 3 nitrogen and oxygen atoms in total. The number of anilines is 3. The van der Waals surface area contributed by atoms with Gasteiger partial charge in [0.2, 0.25) is 0 Å². The highest BCUT2D eigenvalue weighted by molar-refractivity contribution is 7.98. The first-order valence-corrected chi connectivity index (χ1v) is 6.80. The number of nitrogen functional groups attached to an aromatic ring is 1. The van der Waals surface area contributed by atoms with Crippen molar-refractivity contribution >= 4 is 28.8 Å². The summed E-state index contributed by atoms with van der Waals surface area (Å²) in [6.07, 6.45) is 2.05. The van der Waals surface area contributed by atoms with Crippen molar-refractivity contribution in [3.05, 3.63) is 42.5 Å². The van der Waals surface area contributed by atoms with E-state index in [9.17, 15) is 0 Å². The van der Waals surface area contributed by atoms with Crippen molar-refractivity contribution in [2.45, 2.75) is 4.90 Å². The standard InChI is InChI=1S/C14H16N2OS/c1-17-11-6-7-13(15)14(9-11)16-10-4-3-5-12(8-10)18-2/h3-9,16H,15H2,1-2H3. The number of hydrogen-bond donors (Lipinski definition) is 2. The van der Waals surface area contributed by atoms with Crippen LogP contribution in [-0.2, 0) is 0 Å². The molecule has 0 aromatic heterocycles. The lowest BCUT2D eigenvalue weighted by Gasteiger charge is -2.11. The molecule has 0 bridgehead atoms. The van der Waals surface area contributed by atoms with E-state index in [-0.39, 0.29) is 0 Å². The predicted molar refractivity (Wildman–Crippen MR) is 78.9 cm³/mol. The smallest absolute Gasteiger partial charge is 0.121 e. The topological polar surface area (TPSA) is 47.3 Å². The molecule has 0 aliphatic heterocycles. The van der Waals surface area contributed by atoms with Gasteiger partial charge in [-0.2, -0.15) is 0 Å². The fourth-order valence-electron chi connectivity index (χ4n) is 1.63. The number of rotatable bonds is 4. The molecule has 0 amide bonds. The fourth-order valence-corrected chi connectivity index (χ4v) is 2.09. The van der Waals surface area contributed by atoms with Gasteiger partial charge in [0.05, 0.1) is 18.5 Å². The zero-order valence-corrected chi connectivity index (χ0v) is 11.3. The highest BCUT2D eigenvalue weighted by Crippen LogP contribution is 2.28. The summed E-state index contributed by atoms with van der Waals surface area (Å²) in [6.45, 7) is 0. The van der Waals surface area contributed by atoms with Crippen LogP contribution in [0, 0.1) is 0 Å². The zero-order chi connectivity index (χ0) is 13.0. The van der Waals surface area contributed by atoms with Crippen LogP contribution < -0.4 is 15.8 Å². The van der Waals surface area contributed by atoms with Crippen molar-refractivity contribution in [2.75, 3.05) is 24.4 Å². The van der Waals surface area contributed by atoms with E-state index in [1.165, 1.54) is 4.90 Å². The fraction of sp³-hybridized carbons (Fsp3) is 0.143. The molecule has 0 saturated heterocycles. The van der Waals surface area contributed by atoms with E-state index < -0.39 is 0 Å². The first kappa shape index (κ1) is 12.6. The molecule has 0 aliphatic rings. The Bertz CT molecular complexity index is 543. The Kier molecular flexibility index (Phi) is 3.99. The van der Waals surface area contributed by atoms with Crippen LogP contribution in [-0.4, -0.2) is 13.4 Å². The van der Waals surface area contributed by atoms with Crippen LogP contribution in [0.25, 0.3) is 0 Å². The molecular weight excluding hydrogens is 244 g/mol. The minimum Gasteiger partial charge on any atom is -0.497 e. The van der Waals surface area contributed by atoms with Crippen molar-refractivity contribution in [1.82, 2.24) is 0 Å². The normalized spacial score (nSPS) is 10.1. The van der Waals surface area contributed by atoms with Gasteiger partial charge in [0, 0.05) is 16.6 Å². The molecule has 3 N–H and O–H groups in total. The average Bonchev–Trinajstić information content (AvgIpc) is 2.41. The Morgan fingerprint density at radius 2 is 2.00 bits per heavy atom. The second kappa shape index (κ2) is 5.69. The summed E-state index contributed by atoms with van der Waals surface area (Å²) in [5, 5.41) is 3.30. The lowest BCUT2D eigenvalue weighted by Crippen LogP contribution is -1.97. The summed E-state index contributed by atoms with van der Waals surface area (Å²) in [5.41, 5.74) is 8.51. The summed E-state index contributed by atoms with van der Waals surface area (Å²) in [4.78, 5) is 1.21. The van der Waals surface area contributed by atoms with Gasteiger partial charge in [0.1, 0.15) is 5.75 Å². The van der Waals surface area contributed by atoms with Crippen LogP contribution in [0.3, 0.4) is 0 Å². The van der Waals surface area contributed by atoms with E-state index in [1.54, 1.807) is 18.9 Å². The third kappa shape index (κ3) is 2.90. The Balaban J connectivity index is 2.27. The third-order valence-electron chi connectivity index (χ3n) is 2.61. The SMILES string of the molecule is COc1ccc(N)c(Nc2cccc(SC)c2)c1. The van der Waals surface area contributed by atoms with Gasteiger partial charge in [-0.15, -0.1) is 11.8 Å². The Morgan fingerprint density at radius 1 is 1.17 bits per heavy atom. The molecule has 2 aromatic carbocycles. The first-order chi connectivity index (χ1) is 8.72. The molecular formula is C14H16N2OS. The lowest BCUT2D eigenvalue weighted by atomic mass is 10.2. The Morgan fingerprint density at radius 3 is 2.72 bits per heavy atom. The molecule has 0 fully saturated rings. The van der Waals surface area contributed by atoms with Gasteiger partial charge in [-0.3, -0.25) is 0 Å². The monoisotopic (exact) mass is 260 g/mol. The number of methoxy groups -OCH3 is 1. The third-order valence-corrected chi connectivity index (χ3v) is 3.33. The van der Waals surface area contributed by atoms with Crippen LogP contribution in [0.5, 0.6) is 5.75 Å². The van der Waals surface area contributed by atoms with Gasteiger partial charge in [0.25, 0.3) is 0 Å². The number of hydrogen-bond acceptors (Lipinski definition) is 4. The Hall–Kier alpha value is -1.81. The van der Waals surface area contributed by atoms with Gasteiger partial charge in [-0.25, -0.2) is 0 Å². The van der Waals surface area contributed by atoms with E-state index in [4.69, 9.17) is 10.5 Å². The number of nitrogens with two attached hydrogens (primary N) is 1. The van der Waals surface area contributed by atoms with Gasteiger partial charge in [-0.1, -0.05) is 6.07 Å². The summed E-state index contributed by atoms with van der Waals surface area (Å²) in [5.74, 6) is 0.785. The van der Waals surface area contributed by atoms with Crippen molar-refractivity contribution in [3.8, 4) is 5.75 Å². The minimum absolute atomic E-state index is 0.699. The predicted octanol–water partition coefficient (Wildman–Crippen LogP) is 3.74. The van der Waals surface area contributed by atoms with E-state index in [0.717, 1.165) is 17.1 Å². The van der Waals surface area contributed by atoms with Gasteiger partial charge < -0.3 is 15.8 Å². The van der Waals surface area contributed by atoms with Gasteiger partial charge in [-0.05, 0) is 36.6 Å². The number of nitrogens with one attached hydrogen (secondary N) is 1. The lowest BCUT2D eigenvalue weighted by molar-refractivity contribution is 0.415. The average molecular weight is 260 g/mol.